The fraction of sp³-hybridized carbons (Fsp3) is 0.517. The Morgan fingerprint density at radius 3 is 2.47 bits per heavy atom. The lowest BCUT2D eigenvalue weighted by Gasteiger charge is -2.37. The van der Waals surface area contributed by atoms with Crippen molar-refractivity contribution in [3.8, 4) is 0 Å². The number of benzene rings is 2. The first kappa shape index (κ1) is 33.1. The van der Waals surface area contributed by atoms with E-state index in [-0.39, 0.29) is 30.9 Å². The second-order valence-corrected chi connectivity index (χ2v) is 16.3. The molecule has 3 aliphatic heterocycles. The number of hydrogen-bond donors (Lipinski definition) is 7. The van der Waals surface area contributed by atoms with E-state index < -0.39 is 78.9 Å². The van der Waals surface area contributed by atoms with Gasteiger partial charge in [0.25, 0.3) is 17.5 Å². The molecule has 0 aromatic heterocycles. The third-order valence-corrected chi connectivity index (χ3v) is 11.5. The molecule has 2 aromatic rings. The highest BCUT2D eigenvalue weighted by Gasteiger charge is 2.66. The Kier molecular flexibility index (Phi) is 8.90. The number of anilines is 2. The predicted molar refractivity (Wildman–Crippen MR) is 159 cm³/mol. The Bertz CT molecular complexity index is 1490. The first-order valence-corrected chi connectivity index (χ1v) is 17.5. The van der Waals surface area contributed by atoms with Gasteiger partial charge in [-0.1, -0.05) is 19.1 Å². The van der Waals surface area contributed by atoms with Gasteiger partial charge in [0.05, 0.1) is 23.3 Å². The van der Waals surface area contributed by atoms with Gasteiger partial charge < -0.3 is 50.0 Å². The second kappa shape index (κ2) is 12.1. The summed E-state index contributed by atoms with van der Waals surface area (Å²) >= 11 is 0. The number of nitrogens with zero attached hydrogens (tertiary/aromatic N) is 2. The van der Waals surface area contributed by atoms with E-state index in [1.54, 1.807) is 38.2 Å². The van der Waals surface area contributed by atoms with Crippen molar-refractivity contribution in [2.45, 2.75) is 80.9 Å². The lowest BCUT2D eigenvalue weighted by Crippen LogP contribution is -2.60. The quantitative estimate of drug-likeness (QED) is 0.115. The Labute approximate surface area is 258 Å². The molecule has 5 rings (SSSR count). The zero-order chi connectivity index (χ0) is 33.0. The van der Waals surface area contributed by atoms with Gasteiger partial charge in [-0.2, -0.15) is 0 Å². The molecule has 7 N–H and O–H groups in total. The van der Waals surface area contributed by atoms with E-state index in [2.05, 4.69) is 5.32 Å². The summed E-state index contributed by atoms with van der Waals surface area (Å²) in [6.07, 6.45) is -9.53. The maximum Gasteiger partial charge on any atom is 0.269 e. The summed E-state index contributed by atoms with van der Waals surface area (Å²) in [5.41, 5.74) is -0.899. The number of nitro benzene ring substituents is 1. The first-order chi connectivity index (χ1) is 21.1. The van der Waals surface area contributed by atoms with Crippen molar-refractivity contribution < 1.29 is 54.3 Å². The molecular formula is C29H37N3O12Si. The van der Waals surface area contributed by atoms with Crippen LogP contribution in [0.1, 0.15) is 24.5 Å². The van der Waals surface area contributed by atoms with Crippen molar-refractivity contribution in [3.05, 3.63) is 63.7 Å². The van der Waals surface area contributed by atoms with Crippen LogP contribution in [0.15, 0.2) is 42.5 Å². The number of amides is 2. The molecule has 0 aliphatic carbocycles. The molecule has 0 bridgehead atoms. The summed E-state index contributed by atoms with van der Waals surface area (Å²) in [7, 11) is -2.97. The third kappa shape index (κ3) is 5.66. The van der Waals surface area contributed by atoms with E-state index in [0.29, 0.717) is 16.8 Å². The molecule has 16 heteroatoms. The van der Waals surface area contributed by atoms with E-state index in [9.17, 15) is 50.0 Å². The summed E-state index contributed by atoms with van der Waals surface area (Å²) in [6.45, 7) is 4.96. The largest absolute Gasteiger partial charge is 0.432 e. The van der Waals surface area contributed by atoms with E-state index in [0.717, 1.165) is 0 Å². The number of ether oxygens (including phenoxy) is 2. The molecule has 0 unspecified atom stereocenters. The highest BCUT2D eigenvalue weighted by molar-refractivity contribution is 6.71. The molecule has 9 atom stereocenters. The van der Waals surface area contributed by atoms with Gasteiger partial charge in [-0.25, -0.2) is 0 Å². The number of fused-ring (bicyclic) bond motifs is 2. The molecule has 45 heavy (non-hydrogen) atoms. The maximum atomic E-state index is 14.4. The van der Waals surface area contributed by atoms with Crippen LogP contribution in [0, 0.1) is 16.0 Å². The van der Waals surface area contributed by atoms with Crippen molar-refractivity contribution in [1.82, 2.24) is 0 Å². The minimum atomic E-state index is -2.97. The number of non-ortho nitro benzene ring substituents is 1. The van der Waals surface area contributed by atoms with Gasteiger partial charge in [-0.05, 0) is 43.3 Å². The summed E-state index contributed by atoms with van der Waals surface area (Å²) in [5, 5.41) is 63.7. The van der Waals surface area contributed by atoms with Gasteiger partial charge >= 0.3 is 0 Å². The highest BCUT2D eigenvalue weighted by Crippen LogP contribution is 2.60. The number of aliphatic hydroxyl groups excluding tert-OH is 5. The zero-order valence-electron chi connectivity index (χ0n) is 24.8. The molecule has 1 spiro atoms. The van der Waals surface area contributed by atoms with Crippen LogP contribution in [-0.2, 0) is 31.2 Å². The van der Waals surface area contributed by atoms with Gasteiger partial charge in [0, 0.05) is 41.4 Å². The average molecular weight is 648 g/mol. The number of aliphatic hydroxyl groups is 5. The Hall–Kier alpha value is -3.32. The third-order valence-electron chi connectivity index (χ3n) is 8.97. The lowest BCUT2D eigenvalue weighted by atomic mass is 9.82. The molecule has 0 radical (unpaired) electrons. The van der Waals surface area contributed by atoms with Crippen molar-refractivity contribution in [2.24, 2.45) is 5.92 Å². The number of nitrogens with one attached hydrogen (secondary N) is 1. The van der Waals surface area contributed by atoms with E-state index in [1.807, 2.05) is 0 Å². The van der Waals surface area contributed by atoms with Crippen LogP contribution in [0.3, 0.4) is 0 Å². The molecule has 2 amide bonds. The van der Waals surface area contributed by atoms with Gasteiger partial charge in [-0.15, -0.1) is 0 Å². The topological polar surface area (TPSA) is 232 Å². The lowest BCUT2D eigenvalue weighted by molar-refractivity contribution is -0.385. The number of hydrogen-bond acceptors (Lipinski definition) is 12. The van der Waals surface area contributed by atoms with Gasteiger partial charge in [-0.3, -0.25) is 19.7 Å². The predicted octanol–water partition coefficient (Wildman–Crippen LogP) is 0.0602. The molecule has 3 heterocycles. The zero-order valence-corrected chi connectivity index (χ0v) is 25.8. The molecule has 244 valence electrons. The molecule has 2 saturated heterocycles. The number of carbonyl (C=O) groups is 2. The van der Waals surface area contributed by atoms with Crippen LogP contribution in [0.4, 0.5) is 17.1 Å². The van der Waals surface area contributed by atoms with Crippen molar-refractivity contribution in [1.29, 1.82) is 0 Å². The summed E-state index contributed by atoms with van der Waals surface area (Å²) < 4.78 is 11.5. The Morgan fingerprint density at radius 2 is 1.82 bits per heavy atom. The number of rotatable bonds is 8. The smallest absolute Gasteiger partial charge is 0.269 e. The standard InChI is InChI=1S/C29H37N3O12Si/c1-14-25(45(2,3)42)20(9-10-33)44-29(14)18-12-17(32(40)41)7-8-19(18)31(28(29)39)13-15-5-4-6-16(11-15)30-26(37)24-22(35)21(34)23(36)27(38)43-24/h4-8,11-12,14,20-25,27,33-36,38,42H,9-10,13H2,1-3H3,(H,30,37)/t14-,20+,21+,22+,23-,24+,25-,27-,29+/m1/s1. The minimum Gasteiger partial charge on any atom is -0.432 e. The Balaban J connectivity index is 1.46. The van der Waals surface area contributed by atoms with Gasteiger partial charge in [0.1, 0.15) is 18.3 Å². The van der Waals surface area contributed by atoms with Crippen molar-refractivity contribution in [2.75, 3.05) is 16.8 Å². The molecular weight excluding hydrogens is 610 g/mol. The van der Waals surface area contributed by atoms with Crippen LogP contribution < -0.4 is 10.2 Å². The Morgan fingerprint density at radius 1 is 1.11 bits per heavy atom. The van der Waals surface area contributed by atoms with Crippen molar-refractivity contribution >= 4 is 37.2 Å². The van der Waals surface area contributed by atoms with Crippen LogP contribution in [0.5, 0.6) is 0 Å². The summed E-state index contributed by atoms with van der Waals surface area (Å²) in [6, 6.07) is 10.5. The monoisotopic (exact) mass is 647 g/mol. The normalized spacial score (nSPS) is 33.0. The number of nitro groups is 1. The van der Waals surface area contributed by atoms with Crippen LogP contribution in [-0.4, -0.2) is 98.8 Å². The molecule has 0 saturated carbocycles. The fourth-order valence-corrected chi connectivity index (χ4v) is 9.56. The van der Waals surface area contributed by atoms with Gasteiger partial charge in [0.2, 0.25) is 0 Å². The van der Waals surface area contributed by atoms with E-state index >= 15 is 0 Å². The molecule has 2 aromatic carbocycles. The van der Waals surface area contributed by atoms with Crippen LogP contribution in [0.2, 0.25) is 18.6 Å². The SMILES string of the molecule is C[C@@H]1[C@@H]([Si](C)(C)O)[C@H](CCO)O[C@@]12C(=O)N(Cc1cccc(NC(=O)[C@H]3O[C@@H](O)[C@H](O)[C@@H](O)[C@@H]3O)c1)c1ccc([N+](=O)[O-])cc12. The second-order valence-electron chi connectivity index (χ2n) is 12.3. The molecule has 15 nitrogen and oxygen atoms in total. The van der Waals surface area contributed by atoms with Crippen molar-refractivity contribution in [3.63, 3.8) is 0 Å². The van der Waals surface area contributed by atoms with Crippen LogP contribution in [0.25, 0.3) is 0 Å². The van der Waals surface area contributed by atoms with E-state index in [1.165, 1.54) is 29.2 Å². The van der Waals surface area contributed by atoms with E-state index in [4.69, 9.17) is 9.47 Å². The first-order valence-electron chi connectivity index (χ1n) is 14.5. The fourth-order valence-electron chi connectivity index (χ4n) is 6.95. The summed E-state index contributed by atoms with van der Waals surface area (Å²) in [5.74, 6) is -1.97. The maximum absolute atomic E-state index is 14.4. The summed E-state index contributed by atoms with van der Waals surface area (Å²) in [4.78, 5) is 51.1. The molecule has 3 aliphatic rings. The minimum absolute atomic E-state index is 0.0351. The molecule has 2 fully saturated rings. The number of carbonyl (C=O) groups excluding carboxylic acids is 2. The highest BCUT2D eigenvalue weighted by atomic mass is 28.4. The van der Waals surface area contributed by atoms with Crippen LogP contribution >= 0.6 is 0 Å². The average Bonchev–Trinajstić information content (AvgIpc) is 3.40. The van der Waals surface area contributed by atoms with Gasteiger partial charge in [0.15, 0.2) is 26.3 Å².